The van der Waals surface area contributed by atoms with Crippen molar-refractivity contribution in [1.29, 1.82) is 0 Å². The van der Waals surface area contributed by atoms with E-state index >= 15 is 0 Å². The van der Waals surface area contributed by atoms with E-state index in [4.69, 9.17) is 23.2 Å². The summed E-state index contributed by atoms with van der Waals surface area (Å²) in [5.41, 5.74) is 10.6. The highest BCUT2D eigenvalue weighted by atomic mass is 35.5. The third-order valence-electron chi connectivity index (χ3n) is 15.6. The van der Waals surface area contributed by atoms with E-state index in [0.29, 0.717) is 46.1 Å². The van der Waals surface area contributed by atoms with Crippen LogP contribution in [0.5, 0.6) is 0 Å². The van der Waals surface area contributed by atoms with Crippen molar-refractivity contribution < 1.29 is 19.2 Å². The third-order valence-corrected chi connectivity index (χ3v) is 16.1. The first-order chi connectivity index (χ1) is 40.1. The molecule has 2 saturated heterocycles. The molecule has 10 nitrogen and oxygen atoms in total. The van der Waals surface area contributed by atoms with Crippen molar-refractivity contribution in [1.82, 2.24) is 10.6 Å². The monoisotopic (exact) mass is 1130 g/mol. The molecule has 82 heavy (non-hydrogen) atoms. The van der Waals surface area contributed by atoms with Crippen LogP contribution in [0, 0.1) is 11.8 Å². The normalized spacial score (nSPS) is 14.3. The first-order valence-corrected chi connectivity index (χ1v) is 29.5. The van der Waals surface area contributed by atoms with Crippen LogP contribution in [-0.2, 0) is 9.59 Å². The number of halogens is 2. The van der Waals surface area contributed by atoms with Gasteiger partial charge in [-0.05, 0) is 169 Å². The van der Waals surface area contributed by atoms with Gasteiger partial charge in [-0.1, -0.05) is 158 Å². The van der Waals surface area contributed by atoms with E-state index in [9.17, 15) is 19.2 Å². The van der Waals surface area contributed by atoms with E-state index in [0.717, 1.165) is 121 Å². The summed E-state index contributed by atoms with van der Waals surface area (Å²) >= 11 is 12.4. The van der Waals surface area contributed by atoms with E-state index in [2.05, 4.69) is 93.4 Å². The molecule has 0 saturated carbocycles. The summed E-state index contributed by atoms with van der Waals surface area (Å²) in [5.74, 6) is 0.272. The van der Waals surface area contributed by atoms with E-state index in [1.54, 1.807) is 0 Å². The quantitative estimate of drug-likeness (QED) is 0.0679. The zero-order valence-electron chi connectivity index (χ0n) is 46.7. The van der Waals surface area contributed by atoms with E-state index in [1.165, 1.54) is 0 Å². The molecule has 8 aromatic carbocycles. The minimum Gasteiger partial charge on any atom is -0.372 e. The Morgan fingerprint density at radius 3 is 1.15 bits per heavy atom. The molecule has 0 aromatic heterocycles. The van der Waals surface area contributed by atoms with Crippen molar-refractivity contribution in [3.8, 4) is 22.3 Å². The highest BCUT2D eigenvalue weighted by molar-refractivity contribution is 6.31. The number of carbonyl (C=O) groups is 4. The largest absolute Gasteiger partial charge is 0.372 e. The number of nitrogens with zero attached hydrogens (tertiary/aromatic N) is 2. The second kappa shape index (κ2) is 29.0. The van der Waals surface area contributed by atoms with E-state index in [1.807, 2.05) is 158 Å². The zero-order valence-corrected chi connectivity index (χ0v) is 48.2. The minimum atomic E-state index is -0.164. The Kier molecular flexibility index (Phi) is 20.7. The van der Waals surface area contributed by atoms with Gasteiger partial charge >= 0.3 is 0 Å². The topological polar surface area (TPSA) is 123 Å². The maximum Gasteiger partial charge on any atom is 0.256 e. The lowest BCUT2D eigenvalue weighted by Crippen LogP contribution is -2.40. The Bertz CT molecular complexity index is 3160. The molecule has 2 fully saturated rings. The summed E-state index contributed by atoms with van der Waals surface area (Å²) in [5, 5.41) is 13.6. The van der Waals surface area contributed by atoms with Crippen molar-refractivity contribution >= 4 is 69.6 Å². The van der Waals surface area contributed by atoms with Gasteiger partial charge in [0.2, 0.25) is 11.8 Å². The Labute approximate surface area is 493 Å². The van der Waals surface area contributed by atoms with Gasteiger partial charge in [0.15, 0.2) is 0 Å². The fraction of sp³-hybridized carbons (Fsp3) is 0.257. The van der Waals surface area contributed by atoms with Crippen LogP contribution < -0.4 is 31.1 Å². The number of nitrogens with one attached hydrogen (secondary N) is 4. The second-order valence-electron chi connectivity index (χ2n) is 21.1. The highest BCUT2D eigenvalue weighted by Crippen LogP contribution is 2.37. The number of benzene rings is 8. The van der Waals surface area contributed by atoms with Crippen LogP contribution in [0.4, 0.5) is 22.7 Å². The number of hydrogen-bond acceptors (Lipinski definition) is 6. The molecule has 2 aliphatic heterocycles. The van der Waals surface area contributed by atoms with Gasteiger partial charge in [-0.2, -0.15) is 0 Å². The van der Waals surface area contributed by atoms with Gasteiger partial charge in [-0.15, -0.1) is 0 Å². The molecule has 420 valence electrons. The van der Waals surface area contributed by atoms with Gasteiger partial charge in [-0.3, -0.25) is 19.2 Å². The molecule has 0 radical (unpaired) electrons. The predicted molar refractivity (Wildman–Crippen MR) is 337 cm³/mol. The van der Waals surface area contributed by atoms with Gasteiger partial charge in [-0.25, -0.2) is 0 Å². The van der Waals surface area contributed by atoms with E-state index < -0.39 is 0 Å². The van der Waals surface area contributed by atoms with Crippen molar-refractivity contribution in [2.75, 3.05) is 59.7 Å². The number of rotatable bonds is 18. The minimum absolute atomic E-state index is 0.128. The Morgan fingerprint density at radius 2 is 0.793 bits per heavy atom. The van der Waals surface area contributed by atoms with Crippen LogP contribution >= 0.6 is 23.2 Å². The highest BCUT2D eigenvalue weighted by Gasteiger charge is 2.34. The molecule has 12 heteroatoms. The summed E-state index contributed by atoms with van der Waals surface area (Å²) in [4.78, 5) is 57.5. The fourth-order valence-corrected chi connectivity index (χ4v) is 11.8. The van der Waals surface area contributed by atoms with Crippen LogP contribution in [0.3, 0.4) is 0 Å². The number of piperidine rings is 2. The third kappa shape index (κ3) is 15.2. The van der Waals surface area contributed by atoms with Crippen LogP contribution in [0.25, 0.3) is 22.3 Å². The molecule has 2 atom stereocenters. The predicted octanol–water partition coefficient (Wildman–Crippen LogP) is 15.6. The molecule has 4 amide bonds. The lowest BCUT2D eigenvalue weighted by molar-refractivity contribution is -0.124. The summed E-state index contributed by atoms with van der Waals surface area (Å²) in [6, 6.07) is 66.5. The van der Waals surface area contributed by atoms with Crippen molar-refractivity contribution in [2.45, 2.75) is 64.2 Å². The average Bonchev–Trinajstić information content (AvgIpc) is 3.72. The first kappa shape index (κ1) is 58.5. The van der Waals surface area contributed by atoms with Crippen molar-refractivity contribution in [3.05, 3.63) is 239 Å². The molecule has 2 heterocycles. The molecule has 8 aromatic rings. The summed E-state index contributed by atoms with van der Waals surface area (Å²) in [6.07, 6.45) is 5.62. The maximum atomic E-state index is 13.2. The lowest BCUT2D eigenvalue weighted by atomic mass is 9.79. The number of hydrogen-bond donors (Lipinski definition) is 4. The van der Waals surface area contributed by atoms with Gasteiger partial charge in [0.05, 0.1) is 11.8 Å². The maximum absolute atomic E-state index is 13.2. The van der Waals surface area contributed by atoms with Crippen LogP contribution in [-0.4, -0.2) is 62.9 Å². The van der Waals surface area contributed by atoms with Crippen molar-refractivity contribution in [3.63, 3.8) is 0 Å². The van der Waals surface area contributed by atoms with Gasteiger partial charge < -0.3 is 31.1 Å². The Morgan fingerprint density at radius 1 is 0.439 bits per heavy atom. The standard InChI is InChI=1S/2C35H36ClN3O2/c2*1-2-21-37-35(41)33(25-9-4-3-5-10-25)26-19-22-39(23-20-26)30-17-15-29(16-18-30)38-34(40)32-14-7-6-13-31(32)27-11-8-12-28(36)24-27/h2*3-18,24,26,33H,2,19-23H2,1H3,(H,37,41)(H,38,40). The molecule has 4 N–H and O–H groups in total. The number of carbonyl (C=O) groups excluding carboxylic acids is 4. The first-order valence-electron chi connectivity index (χ1n) is 28.7. The summed E-state index contributed by atoms with van der Waals surface area (Å²) in [6.45, 7) is 9.09. The van der Waals surface area contributed by atoms with Crippen LogP contribution in [0.2, 0.25) is 10.0 Å². The van der Waals surface area contributed by atoms with Gasteiger partial charge in [0.1, 0.15) is 0 Å². The Hall–Kier alpha value is -8.18. The molecule has 10 rings (SSSR count). The molecule has 0 aliphatic carbocycles. The molecule has 2 unspecified atom stereocenters. The van der Waals surface area contributed by atoms with Crippen LogP contribution in [0.15, 0.2) is 206 Å². The summed E-state index contributed by atoms with van der Waals surface area (Å²) in [7, 11) is 0. The molecular formula is C70H72Cl2N6O4. The van der Waals surface area contributed by atoms with Gasteiger partial charge in [0.25, 0.3) is 11.8 Å². The number of anilines is 4. The molecule has 0 spiro atoms. The van der Waals surface area contributed by atoms with Crippen molar-refractivity contribution in [2.24, 2.45) is 11.8 Å². The second-order valence-corrected chi connectivity index (χ2v) is 22.0. The Balaban J connectivity index is 0.000000198. The van der Waals surface area contributed by atoms with Gasteiger partial charge in [0, 0.05) is 83.2 Å². The molecule has 0 bridgehead atoms. The zero-order chi connectivity index (χ0) is 57.2. The van der Waals surface area contributed by atoms with Crippen LogP contribution in [0.1, 0.15) is 96.1 Å². The smallest absolute Gasteiger partial charge is 0.256 e. The number of amides is 4. The average molecular weight is 1130 g/mol. The fourth-order valence-electron chi connectivity index (χ4n) is 11.4. The molecule has 2 aliphatic rings. The SMILES string of the molecule is CCCNC(=O)C(c1ccccc1)C1CCN(c2ccc(NC(=O)c3ccccc3-c3cccc(Cl)c3)cc2)CC1.CCCNC(=O)C(c1ccccc1)C1CCN(c2ccc(NC(=O)c3ccccc3-c3cccc(Cl)c3)cc2)CC1. The van der Waals surface area contributed by atoms with E-state index in [-0.39, 0.29) is 35.5 Å². The lowest BCUT2D eigenvalue weighted by Gasteiger charge is -2.37. The molecular weight excluding hydrogens is 1060 g/mol. The summed E-state index contributed by atoms with van der Waals surface area (Å²) < 4.78 is 0.